The minimum absolute atomic E-state index is 0.134. The number of methoxy groups -OCH3 is 1. The molecule has 2 aromatic carbocycles. The Hall–Kier alpha value is -4.58. The van der Waals surface area contributed by atoms with Crippen molar-refractivity contribution in [3.05, 3.63) is 59.0 Å². The lowest BCUT2D eigenvalue weighted by molar-refractivity contribution is -0.133. The van der Waals surface area contributed by atoms with Crippen molar-refractivity contribution in [2.75, 3.05) is 36.1 Å². The molecule has 0 unspecified atom stereocenters. The maximum absolute atomic E-state index is 14.0. The molecular formula is C29H29ClN6O6. The van der Waals surface area contributed by atoms with Crippen LogP contribution in [0, 0.1) is 0 Å². The number of H-pyrrole nitrogens is 1. The number of carbonyl (C=O) groups is 4. The molecule has 4 amide bonds. The summed E-state index contributed by atoms with van der Waals surface area (Å²) >= 11 is 6.28. The summed E-state index contributed by atoms with van der Waals surface area (Å²) < 4.78 is 10.5. The number of imidazole rings is 1. The topological polar surface area (TPSA) is 155 Å². The lowest BCUT2D eigenvalue weighted by Crippen LogP contribution is -2.43. The number of nitrogens with one attached hydrogen (secondary N) is 4. The molecule has 218 valence electrons. The molecule has 1 fully saturated rings. The monoisotopic (exact) mass is 592 g/mol. The Morgan fingerprint density at radius 3 is 2.83 bits per heavy atom. The molecule has 3 aliphatic rings. The molecule has 12 nitrogen and oxygen atoms in total. The summed E-state index contributed by atoms with van der Waals surface area (Å²) in [6.45, 7) is 0.585. The second-order valence-electron chi connectivity index (χ2n) is 10.6. The van der Waals surface area contributed by atoms with Crippen LogP contribution >= 0.6 is 11.6 Å². The van der Waals surface area contributed by atoms with E-state index in [-0.39, 0.29) is 24.8 Å². The molecule has 0 aliphatic carbocycles. The Balaban J connectivity index is 1.29. The fraction of sp³-hybridized carbons (Fsp3) is 0.345. The van der Waals surface area contributed by atoms with Gasteiger partial charge in [0, 0.05) is 47.4 Å². The van der Waals surface area contributed by atoms with Gasteiger partial charge in [0.05, 0.1) is 36.6 Å². The van der Waals surface area contributed by atoms with Crippen molar-refractivity contribution in [2.45, 2.75) is 43.6 Å². The second kappa shape index (κ2) is 11.0. The summed E-state index contributed by atoms with van der Waals surface area (Å²) in [5.74, 6) is -0.393. The normalized spacial score (nSPS) is 21.6. The summed E-state index contributed by atoms with van der Waals surface area (Å²) in [5.41, 5.74) is 2.45. The van der Waals surface area contributed by atoms with Crippen molar-refractivity contribution < 1.29 is 28.7 Å². The van der Waals surface area contributed by atoms with E-state index in [1.54, 1.807) is 47.5 Å². The fourth-order valence-electron chi connectivity index (χ4n) is 5.86. The van der Waals surface area contributed by atoms with E-state index in [1.807, 2.05) is 0 Å². The predicted octanol–water partition coefficient (Wildman–Crippen LogP) is 5.19. The zero-order valence-corrected chi connectivity index (χ0v) is 23.5. The third kappa shape index (κ3) is 5.25. The molecule has 0 radical (unpaired) electrons. The summed E-state index contributed by atoms with van der Waals surface area (Å²) in [7, 11) is 1.27. The van der Waals surface area contributed by atoms with Crippen LogP contribution in [0.1, 0.15) is 49.4 Å². The van der Waals surface area contributed by atoms with Gasteiger partial charge < -0.3 is 24.7 Å². The number of aromatic amines is 1. The van der Waals surface area contributed by atoms with Gasteiger partial charge in [-0.05, 0) is 49.2 Å². The number of carbonyl (C=O) groups excluding carboxylic acids is 4. The zero-order valence-electron chi connectivity index (χ0n) is 22.8. The quantitative estimate of drug-likeness (QED) is 0.319. The van der Waals surface area contributed by atoms with Crippen LogP contribution in [0.4, 0.5) is 26.7 Å². The van der Waals surface area contributed by atoms with E-state index >= 15 is 0 Å². The predicted molar refractivity (Wildman–Crippen MR) is 154 cm³/mol. The van der Waals surface area contributed by atoms with Crippen LogP contribution in [0.5, 0.6) is 0 Å². The van der Waals surface area contributed by atoms with Gasteiger partial charge in [0.25, 0.3) is 0 Å². The highest BCUT2D eigenvalue weighted by Crippen LogP contribution is 2.44. The van der Waals surface area contributed by atoms with Gasteiger partial charge in [-0.25, -0.2) is 14.6 Å². The standard InChI is InChI=1S/C29H29ClN6O6/c1-41-27(39)32-17-7-8-18-22(13-17)33-24(37)5-3-2-4-19(25-31-14-23(18)34-25)26(38)36-11-10-29(15-36)20-12-16(30)6-9-21(20)35-28(40)42-29/h6-9,12-14,19H,2-5,10-11,15H2,1H3,(H,31,34)(H,32,39)(H,33,37)(H,35,40)/t19-,29-/m0/s1. The molecular weight excluding hydrogens is 564 g/mol. The first-order valence-corrected chi connectivity index (χ1v) is 14.1. The van der Waals surface area contributed by atoms with Crippen molar-refractivity contribution in [3.63, 3.8) is 0 Å². The molecule has 1 aromatic heterocycles. The minimum atomic E-state index is -0.995. The molecule has 1 saturated heterocycles. The van der Waals surface area contributed by atoms with Crippen LogP contribution in [-0.4, -0.2) is 59.1 Å². The van der Waals surface area contributed by atoms with Crippen molar-refractivity contribution in [2.24, 2.45) is 0 Å². The molecule has 4 heterocycles. The highest BCUT2D eigenvalue weighted by molar-refractivity contribution is 6.30. The van der Waals surface area contributed by atoms with Gasteiger partial charge in [0.2, 0.25) is 11.8 Å². The Morgan fingerprint density at radius 1 is 1.14 bits per heavy atom. The van der Waals surface area contributed by atoms with Crippen molar-refractivity contribution >= 4 is 52.7 Å². The first-order valence-electron chi connectivity index (χ1n) is 13.7. The lowest BCUT2D eigenvalue weighted by atomic mass is 9.90. The van der Waals surface area contributed by atoms with E-state index in [0.717, 1.165) is 5.56 Å². The summed E-state index contributed by atoms with van der Waals surface area (Å²) in [6.07, 6.45) is 2.87. The summed E-state index contributed by atoms with van der Waals surface area (Å²) in [5, 5.41) is 8.75. The van der Waals surface area contributed by atoms with Crippen LogP contribution in [0.3, 0.4) is 0 Å². The van der Waals surface area contributed by atoms with E-state index in [9.17, 15) is 19.2 Å². The number of hydrogen-bond acceptors (Lipinski definition) is 7. The van der Waals surface area contributed by atoms with Gasteiger partial charge in [-0.2, -0.15) is 0 Å². The molecule has 3 aliphatic heterocycles. The van der Waals surface area contributed by atoms with Gasteiger partial charge in [0.1, 0.15) is 5.82 Å². The van der Waals surface area contributed by atoms with E-state index in [0.29, 0.717) is 71.4 Å². The van der Waals surface area contributed by atoms with Crippen LogP contribution in [0.25, 0.3) is 11.3 Å². The molecule has 13 heteroatoms. The molecule has 4 N–H and O–H groups in total. The van der Waals surface area contributed by atoms with Gasteiger partial charge >= 0.3 is 12.2 Å². The van der Waals surface area contributed by atoms with Crippen LogP contribution < -0.4 is 16.0 Å². The van der Waals surface area contributed by atoms with Crippen molar-refractivity contribution in [1.29, 1.82) is 0 Å². The average molecular weight is 593 g/mol. The third-order valence-electron chi connectivity index (χ3n) is 7.91. The third-order valence-corrected chi connectivity index (χ3v) is 8.15. The van der Waals surface area contributed by atoms with Crippen molar-refractivity contribution in [3.8, 4) is 11.3 Å². The van der Waals surface area contributed by atoms with Gasteiger partial charge in [-0.15, -0.1) is 0 Å². The van der Waals surface area contributed by atoms with Gasteiger partial charge in [0.15, 0.2) is 5.60 Å². The number of hydrogen-bond donors (Lipinski definition) is 4. The van der Waals surface area contributed by atoms with E-state index in [4.69, 9.17) is 21.3 Å². The maximum atomic E-state index is 14.0. The SMILES string of the molecule is COC(=O)Nc1ccc2c(c1)NC(=O)CCCC[C@H](C(=O)N1CC[C@@]3(C1)OC(=O)Nc1ccc(Cl)cc13)c1nc-2c[nH]1. The Kier molecular flexibility index (Phi) is 7.23. The molecule has 0 saturated carbocycles. The smallest absolute Gasteiger partial charge is 0.412 e. The second-order valence-corrected chi connectivity index (χ2v) is 11.0. The molecule has 2 atom stereocenters. The Labute approximate surface area is 246 Å². The number of likely N-dealkylation sites (tertiary alicyclic amines) is 1. The molecule has 6 rings (SSSR count). The number of ether oxygens (including phenoxy) is 2. The summed E-state index contributed by atoms with van der Waals surface area (Å²) in [4.78, 5) is 60.6. The first kappa shape index (κ1) is 27.6. The van der Waals surface area contributed by atoms with E-state index in [2.05, 4.69) is 25.7 Å². The maximum Gasteiger partial charge on any atom is 0.412 e. The molecule has 3 aromatic rings. The fourth-order valence-corrected chi connectivity index (χ4v) is 6.03. The van der Waals surface area contributed by atoms with Gasteiger partial charge in [-0.1, -0.05) is 18.0 Å². The van der Waals surface area contributed by atoms with E-state index in [1.165, 1.54) is 7.11 Å². The molecule has 2 bridgehead atoms. The summed E-state index contributed by atoms with van der Waals surface area (Å²) in [6, 6.07) is 10.3. The van der Waals surface area contributed by atoms with Gasteiger partial charge in [-0.3, -0.25) is 20.2 Å². The number of amides is 4. The van der Waals surface area contributed by atoms with E-state index < -0.39 is 23.7 Å². The molecule has 42 heavy (non-hydrogen) atoms. The first-order chi connectivity index (χ1) is 20.2. The number of benzene rings is 2. The molecule has 1 spiro atoms. The number of anilines is 3. The Bertz CT molecular complexity index is 1590. The highest BCUT2D eigenvalue weighted by Gasteiger charge is 2.49. The Morgan fingerprint density at radius 2 is 2.00 bits per heavy atom. The number of aromatic nitrogens is 2. The highest BCUT2D eigenvalue weighted by atomic mass is 35.5. The van der Waals surface area contributed by atoms with Crippen molar-refractivity contribution in [1.82, 2.24) is 14.9 Å². The number of rotatable bonds is 2. The van der Waals surface area contributed by atoms with Crippen LogP contribution in [0.15, 0.2) is 42.6 Å². The number of fused-ring (bicyclic) bond motifs is 6. The minimum Gasteiger partial charge on any atom is -0.453 e. The average Bonchev–Trinajstić information content (AvgIpc) is 3.61. The largest absolute Gasteiger partial charge is 0.453 e. The number of nitrogens with zero attached hydrogens (tertiary/aromatic N) is 2. The zero-order chi connectivity index (χ0) is 29.4. The number of halogens is 1. The van der Waals surface area contributed by atoms with Crippen LogP contribution in [0.2, 0.25) is 5.02 Å². The van der Waals surface area contributed by atoms with Crippen LogP contribution in [-0.2, 0) is 24.7 Å². The lowest BCUT2D eigenvalue weighted by Gasteiger charge is -2.35.